The number of hydrogen-bond acceptors (Lipinski definition) is 4. The number of methoxy groups -OCH3 is 1. The van der Waals surface area contributed by atoms with Gasteiger partial charge in [0.1, 0.15) is 0 Å². The molecule has 0 bridgehead atoms. The SMILES string of the molecule is COCC(O)CCNC(C)C(C)O. The Bertz CT molecular complexity index is 119. The van der Waals surface area contributed by atoms with Crippen LogP contribution in [0.4, 0.5) is 0 Å². The number of hydrogen-bond donors (Lipinski definition) is 3. The van der Waals surface area contributed by atoms with Crippen molar-refractivity contribution in [2.24, 2.45) is 0 Å². The molecule has 0 radical (unpaired) electrons. The molecule has 0 aliphatic heterocycles. The van der Waals surface area contributed by atoms with E-state index in [0.717, 1.165) is 0 Å². The fourth-order valence-electron chi connectivity index (χ4n) is 0.924. The third kappa shape index (κ3) is 6.95. The van der Waals surface area contributed by atoms with Crippen molar-refractivity contribution in [3.05, 3.63) is 0 Å². The highest BCUT2D eigenvalue weighted by molar-refractivity contribution is 4.67. The summed E-state index contributed by atoms with van der Waals surface area (Å²) in [5.74, 6) is 0. The summed E-state index contributed by atoms with van der Waals surface area (Å²) in [7, 11) is 1.56. The molecule has 13 heavy (non-hydrogen) atoms. The molecule has 0 rings (SSSR count). The summed E-state index contributed by atoms with van der Waals surface area (Å²) >= 11 is 0. The molecular formula is C9H21NO3. The third-order valence-electron chi connectivity index (χ3n) is 2.03. The second kappa shape index (κ2) is 7.26. The molecule has 0 aliphatic rings. The maximum absolute atomic E-state index is 9.27. The molecular weight excluding hydrogens is 170 g/mol. The van der Waals surface area contributed by atoms with Crippen LogP contribution in [0.25, 0.3) is 0 Å². The Hall–Kier alpha value is -0.160. The molecule has 0 aromatic heterocycles. The van der Waals surface area contributed by atoms with Crippen molar-refractivity contribution in [2.75, 3.05) is 20.3 Å². The van der Waals surface area contributed by atoms with Gasteiger partial charge in [-0.25, -0.2) is 0 Å². The first-order valence-electron chi connectivity index (χ1n) is 4.66. The maximum Gasteiger partial charge on any atom is 0.0785 e. The summed E-state index contributed by atoms with van der Waals surface area (Å²) in [6.45, 7) is 4.71. The lowest BCUT2D eigenvalue weighted by Crippen LogP contribution is -2.37. The molecule has 0 spiro atoms. The van der Waals surface area contributed by atoms with Gasteiger partial charge >= 0.3 is 0 Å². The van der Waals surface area contributed by atoms with E-state index >= 15 is 0 Å². The Morgan fingerprint density at radius 3 is 2.38 bits per heavy atom. The summed E-state index contributed by atoms with van der Waals surface area (Å²) in [5.41, 5.74) is 0. The van der Waals surface area contributed by atoms with Gasteiger partial charge in [-0.2, -0.15) is 0 Å². The summed E-state index contributed by atoms with van der Waals surface area (Å²) in [6, 6.07) is 0.0646. The molecule has 0 fully saturated rings. The molecule has 0 heterocycles. The minimum absolute atomic E-state index is 0.0646. The number of nitrogens with one attached hydrogen (secondary N) is 1. The van der Waals surface area contributed by atoms with Crippen LogP contribution in [0.15, 0.2) is 0 Å². The Labute approximate surface area is 79.9 Å². The zero-order chi connectivity index (χ0) is 10.3. The van der Waals surface area contributed by atoms with Gasteiger partial charge < -0.3 is 20.3 Å². The van der Waals surface area contributed by atoms with Gasteiger partial charge in [0.25, 0.3) is 0 Å². The van der Waals surface area contributed by atoms with Crippen LogP contribution in [0, 0.1) is 0 Å². The highest BCUT2D eigenvalue weighted by atomic mass is 16.5. The molecule has 0 saturated carbocycles. The van der Waals surface area contributed by atoms with Crippen LogP contribution >= 0.6 is 0 Å². The normalized spacial score (nSPS) is 18.2. The first-order valence-corrected chi connectivity index (χ1v) is 4.66. The Kier molecular flexibility index (Phi) is 7.17. The smallest absolute Gasteiger partial charge is 0.0785 e. The highest BCUT2D eigenvalue weighted by Crippen LogP contribution is 1.94. The van der Waals surface area contributed by atoms with Crippen LogP contribution in [0.3, 0.4) is 0 Å². The first-order chi connectivity index (χ1) is 6.07. The number of rotatable bonds is 7. The topological polar surface area (TPSA) is 61.7 Å². The third-order valence-corrected chi connectivity index (χ3v) is 2.03. The fourth-order valence-corrected chi connectivity index (χ4v) is 0.924. The quantitative estimate of drug-likeness (QED) is 0.519. The molecule has 3 unspecified atom stereocenters. The van der Waals surface area contributed by atoms with Gasteiger partial charge in [0, 0.05) is 13.2 Å². The van der Waals surface area contributed by atoms with Crippen molar-refractivity contribution in [1.29, 1.82) is 0 Å². The Morgan fingerprint density at radius 2 is 1.92 bits per heavy atom. The van der Waals surface area contributed by atoms with E-state index in [1.54, 1.807) is 14.0 Å². The van der Waals surface area contributed by atoms with E-state index in [4.69, 9.17) is 9.84 Å². The van der Waals surface area contributed by atoms with Crippen LogP contribution in [-0.2, 0) is 4.74 Å². The van der Waals surface area contributed by atoms with Crippen molar-refractivity contribution in [3.63, 3.8) is 0 Å². The lowest BCUT2D eigenvalue weighted by molar-refractivity contribution is 0.0575. The van der Waals surface area contributed by atoms with Crippen molar-refractivity contribution < 1.29 is 14.9 Å². The van der Waals surface area contributed by atoms with E-state index in [2.05, 4.69) is 5.32 Å². The largest absolute Gasteiger partial charge is 0.392 e. The van der Waals surface area contributed by atoms with Crippen LogP contribution in [0.1, 0.15) is 20.3 Å². The lowest BCUT2D eigenvalue weighted by atomic mass is 10.2. The molecule has 3 atom stereocenters. The molecule has 0 amide bonds. The van der Waals surface area contributed by atoms with Gasteiger partial charge in [-0.1, -0.05) is 0 Å². The molecule has 0 aromatic rings. The average Bonchev–Trinajstić information content (AvgIpc) is 2.04. The van der Waals surface area contributed by atoms with Crippen molar-refractivity contribution in [1.82, 2.24) is 5.32 Å². The van der Waals surface area contributed by atoms with E-state index < -0.39 is 6.10 Å². The maximum atomic E-state index is 9.27. The van der Waals surface area contributed by atoms with E-state index in [1.807, 2.05) is 6.92 Å². The average molecular weight is 191 g/mol. The zero-order valence-corrected chi connectivity index (χ0v) is 8.66. The number of aliphatic hydroxyl groups is 2. The zero-order valence-electron chi connectivity index (χ0n) is 8.66. The monoisotopic (exact) mass is 191 g/mol. The van der Waals surface area contributed by atoms with Crippen LogP contribution in [-0.4, -0.2) is 48.7 Å². The predicted molar refractivity (Wildman–Crippen MR) is 51.6 cm³/mol. The minimum atomic E-state index is -0.418. The molecule has 80 valence electrons. The van der Waals surface area contributed by atoms with Crippen LogP contribution in [0.5, 0.6) is 0 Å². The lowest BCUT2D eigenvalue weighted by Gasteiger charge is -2.17. The molecule has 3 N–H and O–H groups in total. The van der Waals surface area contributed by atoms with Gasteiger partial charge in [0.15, 0.2) is 0 Å². The van der Waals surface area contributed by atoms with Gasteiger partial charge in [0.2, 0.25) is 0 Å². The fraction of sp³-hybridized carbons (Fsp3) is 1.00. The summed E-state index contributed by atoms with van der Waals surface area (Å²) < 4.78 is 4.78. The second-order valence-electron chi connectivity index (χ2n) is 3.38. The molecule has 0 aromatic carbocycles. The molecule has 0 saturated heterocycles. The minimum Gasteiger partial charge on any atom is -0.392 e. The van der Waals surface area contributed by atoms with Crippen molar-refractivity contribution in [2.45, 2.75) is 38.5 Å². The van der Waals surface area contributed by atoms with Crippen LogP contribution in [0.2, 0.25) is 0 Å². The summed E-state index contributed by atoms with van der Waals surface area (Å²) in [4.78, 5) is 0. The predicted octanol–water partition coefficient (Wildman–Crippen LogP) is -0.257. The van der Waals surface area contributed by atoms with E-state index in [0.29, 0.717) is 19.6 Å². The number of ether oxygens (including phenoxy) is 1. The van der Waals surface area contributed by atoms with E-state index in [-0.39, 0.29) is 12.1 Å². The van der Waals surface area contributed by atoms with Gasteiger partial charge in [-0.05, 0) is 26.8 Å². The Balaban J connectivity index is 3.33. The molecule has 4 nitrogen and oxygen atoms in total. The summed E-state index contributed by atoms with van der Waals surface area (Å²) in [6.07, 6.45) is -0.136. The summed E-state index contributed by atoms with van der Waals surface area (Å²) in [5, 5.41) is 21.5. The highest BCUT2D eigenvalue weighted by Gasteiger charge is 2.08. The Morgan fingerprint density at radius 1 is 1.31 bits per heavy atom. The van der Waals surface area contributed by atoms with E-state index in [1.165, 1.54) is 0 Å². The van der Waals surface area contributed by atoms with Crippen molar-refractivity contribution in [3.8, 4) is 0 Å². The number of aliphatic hydroxyl groups excluding tert-OH is 2. The van der Waals surface area contributed by atoms with Gasteiger partial charge in [0.05, 0.1) is 18.8 Å². The molecule has 0 aliphatic carbocycles. The molecule has 4 heteroatoms. The second-order valence-corrected chi connectivity index (χ2v) is 3.38. The van der Waals surface area contributed by atoms with Gasteiger partial charge in [-0.3, -0.25) is 0 Å². The van der Waals surface area contributed by atoms with Crippen LogP contribution < -0.4 is 5.32 Å². The van der Waals surface area contributed by atoms with Gasteiger partial charge in [-0.15, -0.1) is 0 Å². The standard InChI is InChI=1S/C9H21NO3/c1-7(8(2)11)10-5-4-9(12)6-13-3/h7-12H,4-6H2,1-3H3. The van der Waals surface area contributed by atoms with E-state index in [9.17, 15) is 5.11 Å². The first kappa shape index (κ1) is 12.8. The van der Waals surface area contributed by atoms with Crippen molar-refractivity contribution >= 4 is 0 Å².